The van der Waals surface area contributed by atoms with Crippen LogP contribution in [0, 0.1) is 5.92 Å². The molecule has 2 saturated heterocycles. The number of allylic oxidation sites excluding steroid dienone is 1. The van der Waals surface area contributed by atoms with E-state index in [0.717, 1.165) is 6.42 Å². The Morgan fingerprint density at radius 1 is 1.36 bits per heavy atom. The molecule has 0 spiro atoms. The van der Waals surface area contributed by atoms with Crippen LogP contribution in [0.1, 0.15) is 19.8 Å². The van der Waals surface area contributed by atoms with E-state index in [-0.39, 0.29) is 40.9 Å². The first-order chi connectivity index (χ1) is 10.3. The predicted octanol–water partition coefficient (Wildman–Crippen LogP) is -0.258. The average molecular weight is 328 g/mol. The zero-order valence-corrected chi connectivity index (χ0v) is 13.6. The first-order valence-corrected chi connectivity index (χ1v) is 9.10. The molecule has 0 unspecified atom stereocenters. The molecule has 0 N–H and O–H groups in total. The highest BCUT2D eigenvalue weighted by atomic mass is 32.2. The van der Waals surface area contributed by atoms with Gasteiger partial charge in [-0.2, -0.15) is 0 Å². The van der Waals surface area contributed by atoms with Crippen molar-refractivity contribution in [3.63, 3.8) is 0 Å². The van der Waals surface area contributed by atoms with Gasteiger partial charge in [-0.15, -0.1) is 0 Å². The van der Waals surface area contributed by atoms with E-state index in [1.54, 1.807) is 16.8 Å². The monoisotopic (exact) mass is 328 g/mol. The largest absolute Gasteiger partial charge is 0.496 e. The van der Waals surface area contributed by atoms with E-state index in [9.17, 15) is 18.0 Å². The van der Waals surface area contributed by atoms with Crippen LogP contribution in [0.3, 0.4) is 0 Å². The van der Waals surface area contributed by atoms with Gasteiger partial charge in [0.15, 0.2) is 14.7 Å². The molecular weight excluding hydrogens is 308 g/mol. The fourth-order valence-corrected chi connectivity index (χ4v) is 4.97. The minimum absolute atomic E-state index is 0.0379. The summed E-state index contributed by atoms with van der Waals surface area (Å²) >= 11 is 0. The van der Waals surface area contributed by atoms with Gasteiger partial charge in [-0.1, -0.05) is 0 Å². The second kappa shape index (κ2) is 5.26. The number of fused-ring (bicyclic) bond motifs is 1. The zero-order chi connectivity index (χ0) is 16.1. The standard InChI is InChI=1S/C14H20N2O5S/c1-9-12(22(19,20)7-6-21-9)14(18)16-5-3-4-10-11(16)8-15(2)13(10)17/h10-11H,3-8H2,1-2H3/t10-,11-/m1/s1. The molecule has 2 fully saturated rings. The topological polar surface area (TPSA) is 84.0 Å². The van der Waals surface area contributed by atoms with E-state index >= 15 is 0 Å². The van der Waals surface area contributed by atoms with Crippen LogP contribution < -0.4 is 0 Å². The number of likely N-dealkylation sites (N-methyl/N-ethyl adjacent to an activating group) is 1. The smallest absolute Gasteiger partial charge is 0.269 e. The molecule has 0 aromatic heterocycles. The minimum Gasteiger partial charge on any atom is -0.496 e. The quantitative estimate of drug-likeness (QED) is 0.662. The number of hydrogen-bond acceptors (Lipinski definition) is 5. The molecule has 3 aliphatic rings. The number of hydrogen-bond donors (Lipinski definition) is 0. The molecular formula is C14H20N2O5S. The van der Waals surface area contributed by atoms with E-state index < -0.39 is 15.7 Å². The van der Waals surface area contributed by atoms with Crippen LogP contribution in [0.5, 0.6) is 0 Å². The molecule has 3 rings (SSSR count). The molecule has 122 valence electrons. The summed E-state index contributed by atoms with van der Waals surface area (Å²) in [5, 5.41) is 0. The lowest BCUT2D eigenvalue weighted by molar-refractivity contribution is -0.134. The summed E-state index contributed by atoms with van der Waals surface area (Å²) in [5.41, 5.74) is 0. The van der Waals surface area contributed by atoms with E-state index in [0.29, 0.717) is 19.5 Å². The molecule has 3 heterocycles. The van der Waals surface area contributed by atoms with Crippen LogP contribution in [0.25, 0.3) is 0 Å². The second-order valence-corrected chi connectivity index (χ2v) is 8.13. The number of piperidine rings is 1. The highest BCUT2D eigenvalue weighted by molar-refractivity contribution is 7.96. The Morgan fingerprint density at radius 3 is 2.77 bits per heavy atom. The fraction of sp³-hybridized carbons (Fsp3) is 0.714. The Morgan fingerprint density at radius 2 is 2.09 bits per heavy atom. The van der Waals surface area contributed by atoms with Gasteiger partial charge in [0.1, 0.15) is 12.4 Å². The Balaban J connectivity index is 1.93. The first kappa shape index (κ1) is 15.3. The van der Waals surface area contributed by atoms with Crippen molar-refractivity contribution in [2.75, 3.05) is 32.5 Å². The number of carbonyl (C=O) groups is 2. The summed E-state index contributed by atoms with van der Waals surface area (Å²) in [4.78, 5) is 27.9. The number of rotatable bonds is 1. The Hall–Kier alpha value is -1.57. The minimum atomic E-state index is -3.61. The maximum absolute atomic E-state index is 12.8. The van der Waals surface area contributed by atoms with Crippen LogP contribution in [-0.2, 0) is 24.2 Å². The summed E-state index contributed by atoms with van der Waals surface area (Å²) in [6, 6.07) is -0.240. The Labute approximate surface area is 129 Å². The molecule has 22 heavy (non-hydrogen) atoms. The third kappa shape index (κ3) is 2.29. The lowest BCUT2D eigenvalue weighted by atomic mass is 9.91. The number of carbonyl (C=O) groups excluding carboxylic acids is 2. The lowest BCUT2D eigenvalue weighted by Gasteiger charge is -2.36. The Kier molecular flexibility index (Phi) is 3.66. The van der Waals surface area contributed by atoms with Crippen LogP contribution in [0.4, 0.5) is 0 Å². The van der Waals surface area contributed by atoms with Gasteiger partial charge in [-0.3, -0.25) is 9.59 Å². The normalized spacial score (nSPS) is 31.1. The lowest BCUT2D eigenvalue weighted by Crippen LogP contribution is -2.50. The van der Waals surface area contributed by atoms with Crippen molar-refractivity contribution in [3.05, 3.63) is 10.7 Å². The van der Waals surface area contributed by atoms with E-state index in [1.165, 1.54) is 6.92 Å². The van der Waals surface area contributed by atoms with Crippen molar-refractivity contribution in [2.24, 2.45) is 5.92 Å². The molecule has 0 aromatic carbocycles. The summed E-state index contributed by atoms with van der Waals surface area (Å²) in [6.07, 6.45) is 1.46. The van der Waals surface area contributed by atoms with Gasteiger partial charge in [0, 0.05) is 20.1 Å². The highest BCUT2D eigenvalue weighted by Crippen LogP contribution is 2.33. The van der Waals surface area contributed by atoms with Crippen LogP contribution in [-0.4, -0.2) is 68.6 Å². The number of nitrogens with zero attached hydrogens (tertiary/aromatic N) is 2. The van der Waals surface area contributed by atoms with Gasteiger partial charge in [0.2, 0.25) is 5.91 Å². The van der Waals surface area contributed by atoms with E-state index in [1.807, 2.05) is 0 Å². The third-order valence-corrected chi connectivity index (χ3v) is 6.48. The fourth-order valence-electron chi connectivity index (χ4n) is 3.58. The van der Waals surface area contributed by atoms with Crippen LogP contribution in [0.15, 0.2) is 10.7 Å². The second-order valence-electron chi connectivity index (χ2n) is 6.09. The number of ether oxygens (including phenoxy) is 1. The molecule has 2 amide bonds. The van der Waals surface area contributed by atoms with Crippen LogP contribution in [0.2, 0.25) is 0 Å². The van der Waals surface area contributed by atoms with Gasteiger partial charge in [-0.05, 0) is 19.8 Å². The molecule has 2 atom stereocenters. The average Bonchev–Trinajstić information content (AvgIpc) is 2.73. The molecule has 0 bridgehead atoms. The van der Waals surface area contributed by atoms with Crippen molar-refractivity contribution in [1.82, 2.24) is 9.80 Å². The SMILES string of the molecule is CC1=C(C(=O)N2CCC[C@H]3C(=O)N(C)C[C@H]32)S(=O)(=O)CCO1. The number of sulfone groups is 1. The van der Waals surface area contributed by atoms with Crippen molar-refractivity contribution in [1.29, 1.82) is 0 Å². The molecule has 8 heteroatoms. The van der Waals surface area contributed by atoms with Crippen molar-refractivity contribution in [2.45, 2.75) is 25.8 Å². The van der Waals surface area contributed by atoms with Gasteiger partial charge in [0.05, 0.1) is 17.7 Å². The number of amides is 2. The zero-order valence-electron chi connectivity index (χ0n) is 12.7. The van der Waals surface area contributed by atoms with Crippen molar-refractivity contribution >= 4 is 21.7 Å². The van der Waals surface area contributed by atoms with E-state index in [4.69, 9.17) is 4.74 Å². The molecule has 0 aliphatic carbocycles. The first-order valence-electron chi connectivity index (χ1n) is 7.45. The van der Waals surface area contributed by atoms with Gasteiger partial charge >= 0.3 is 0 Å². The summed E-state index contributed by atoms with van der Waals surface area (Å²) < 4.78 is 29.7. The molecule has 0 aromatic rings. The molecule has 7 nitrogen and oxygen atoms in total. The number of likely N-dealkylation sites (tertiary alicyclic amines) is 2. The van der Waals surface area contributed by atoms with E-state index in [2.05, 4.69) is 0 Å². The van der Waals surface area contributed by atoms with Crippen molar-refractivity contribution < 1.29 is 22.7 Å². The summed E-state index contributed by atoms with van der Waals surface area (Å²) in [5.74, 6) is -0.704. The molecule has 0 radical (unpaired) electrons. The van der Waals surface area contributed by atoms with Gasteiger partial charge < -0.3 is 14.5 Å². The van der Waals surface area contributed by atoms with Gasteiger partial charge in [0.25, 0.3) is 5.91 Å². The predicted molar refractivity (Wildman–Crippen MR) is 78.3 cm³/mol. The highest BCUT2D eigenvalue weighted by Gasteiger charge is 2.47. The maximum atomic E-state index is 12.8. The molecule has 3 aliphatic heterocycles. The van der Waals surface area contributed by atoms with Crippen LogP contribution >= 0.6 is 0 Å². The summed E-state index contributed by atoms with van der Waals surface area (Å²) in [7, 11) is -1.90. The van der Waals surface area contributed by atoms with Crippen molar-refractivity contribution in [3.8, 4) is 0 Å². The third-order valence-electron chi connectivity index (χ3n) is 4.69. The van der Waals surface area contributed by atoms with Gasteiger partial charge in [-0.25, -0.2) is 8.42 Å². The Bertz CT molecular complexity index is 654. The molecule has 0 saturated carbocycles. The summed E-state index contributed by atoms with van der Waals surface area (Å²) in [6.45, 7) is 2.53. The maximum Gasteiger partial charge on any atom is 0.269 e.